The van der Waals surface area contributed by atoms with Crippen LogP contribution >= 0.6 is 27.5 Å². The van der Waals surface area contributed by atoms with Gasteiger partial charge < -0.3 is 10.1 Å². The quantitative estimate of drug-likeness (QED) is 0.808. The molecule has 0 radical (unpaired) electrons. The second-order valence-corrected chi connectivity index (χ2v) is 6.04. The van der Waals surface area contributed by atoms with Crippen LogP contribution in [0, 0.1) is 0 Å². The van der Waals surface area contributed by atoms with Crippen LogP contribution in [0.2, 0.25) is 5.02 Å². The van der Waals surface area contributed by atoms with Gasteiger partial charge in [-0.25, -0.2) is 0 Å². The summed E-state index contributed by atoms with van der Waals surface area (Å²) in [5, 5.41) is 4.15. The predicted octanol–water partition coefficient (Wildman–Crippen LogP) is 4.60. The number of ether oxygens (including phenoxy) is 1. The zero-order valence-electron chi connectivity index (χ0n) is 12.1. The molecule has 0 aliphatic rings. The number of aromatic nitrogens is 1. The van der Waals surface area contributed by atoms with Gasteiger partial charge in [0.25, 0.3) is 0 Å². The molecule has 0 amide bonds. The van der Waals surface area contributed by atoms with E-state index in [-0.39, 0.29) is 6.04 Å². The van der Waals surface area contributed by atoms with Crippen LogP contribution in [0.4, 0.5) is 0 Å². The van der Waals surface area contributed by atoms with Crippen molar-refractivity contribution in [1.82, 2.24) is 10.3 Å². The molecular weight excluding hydrogens is 352 g/mol. The molecule has 1 aromatic heterocycles. The minimum atomic E-state index is 0.0540. The van der Waals surface area contributed by atoms with Gasteiger partial charge in [-0.15, -0.1) is 0 Å². The van der Waals surface area contributed by atoms with E-state index in [1.807, 2.05) is 24.4 Å². The van der Waals surface area contributed by atoms with Crippen molar-refractivity contribution in [1.29, 1.82) is 0 Å². The Bertz CT molecular complexity index is 607. The molecule has 0 bridgehead atoms. The van der Waals surface area contributed by atoms with Crippen LogP contribution in [0.5, 0.6) is 5.75 Å². The first-order valence-corrected chi connectivity index (χ1v) is 8.00. The van der Waals surface area contributed by atoms with E-state index in [1.54, 1.807) is 13.3 Å². The van der Waals surface area contributed by atoms with Crippen LogP contribution in [0.25, 0.3) is 0 Å². The molecule has 2 aromatic rings. The number of benzene rings is 1. The second-order valence-electron chi connectivity index (χ2n) is 4.72. The van der Waals surface area contributed by atoms with E-state index in [9.17, 15) is 0 Å². The molecule has 0 saturated heterocycles. The Morgan fingerprint density at radius 3 is 2.71 bits per heavy atom. The molecule has 112 valence electrons. The summed E-state index contributed by atoms with van der Waals surface area (Å²) < 4.78 is 6.17. The molecule has 21 heavy (non-hydrogen) atoms. The van der Waals surface area contributed by atoms with Gasteiger partial charge in [-0.2, -0.15) is 0 Å². The van der Waals surface area contributed by atoms with Gasteiger partial charge >= 0.3 is 0 Å². The number of pyridine rings is 1. The number of nitrogens with zero attached hydrogens (tertiary/aromatic N) is 1. The number of halogens is 2. The van der Waals surface area contributed by atoms with Crippen LogP contribution in [-0.4, -0.2) is 18.6 Å². The molecule has 1 atom stereocenters. The lowest BCUT2D eigenvalue weighted by atomic mass is 10.00. The third-order valence-corrected chi connectivity index (χ3v) is 3.90. The van der Waals surface area contributed by atoms with Crippen LogP contribution < -0.4 is 10.1 Å². The fourth-order valence-corrected chi connectivity index (χ4v) is 2.81. The zero-order valence-corrected chi connectivity index (χ0v) is 14.4. The lowest BCUT2D eigenvalue weighted by Crippen LogP contribution is -2.23. The number of hydrogen-bond donors (Lipinski definition) is 1. The summed E-state index contributed by atoms with van der Waals surface area (Å²) in [6, 6.07) is 7.98. The van der Waals surface area contributed by atoms with Gasteiger partial charge in [0.05, 0.1) is 18.2 Å². The lowest BCUT2D eigenvalue weighted by Gasteiger charge is -2.20. The Hall–Kier alpha value is -1.10. The Labute approximate surface area is 138 Å². The zero-order chi connectivity index (χ0) is 15.2. The summed E-state index contributed by atoms with van der Waals surface area (Å²) in [6.45, 7) is 3.06. The first-order chi connectivity index (χ1) is 10.2. The van der Waals surface area contributed by atoms with Gasteiger partial charge in [-0.3, -0.25) is 4.98 Å². The summed E-state index contributed by atoms with van der Waals surface area (Å²) >= 11 is 9.72. The smallest absolute Gasteiger partial charge is 0.137 e. The maximum absolute atomic E-state index is 6.25. The monoisotopic (exact) mass is 368 g/mol. The van der Waals surface area contributed by atoms with E-state index < -0.39 is 0 Å². The van der Waals surface area contributed by atoms with Crippen molar-refractivity contribution in [2.24, 2.45) is 0 Å². The summed E-state index contributed by atoms with van der Waals surface area (Å²) in [5.74, 6) is 0.682. The maximum atomic E-state index is 6.25. The van der Waals surface area contributed by atoms with Crippen molar-refractivity contribution in [3.63, 3.8) is 0 Å². The van der Waals surface area contributed by atoms with Crippen LogP contribution in [0.1, 0.15) is 30.5 Å². The molecule has 1 heterocycles. The van der Waals surface area contributed by atoms with Crippen molar-refractivity contribution >= 4 is 27.5 Å². The van der Waals surface area contributed by atoms with Gasteiger partial charge in [-0.05, 0) is 58.2 Å². The van der Waals surface area contributed by atoms with Crippen molar-refractivity contribution in [3.8, 4) is 5.75 Å². The molecule has 0 spiro atoms. The highest BCUT2D eigenvalue weighted by atomic mass is 79.9. The second kappa shape index (κ2) is 7.78. The molecule has 0 aliphatic carbocycles. The highest BCUT2D eigenvalue weighted by Crippen LogP contribution is 2.30. The first kappa shape index (κ1) is 16.3. The molecule has 0 aliphatic heterocycles. The topological polar surface area (TPSA) is 34.2 Å². The van der Waals surface area contributed by atoms with Crippen molar-refractivity contribution in [2.75, 3.05) is 13.7 Å². The molecule has 3 nitrogen and oxygen atoms in total. The van der Waals surface area contributed by atoms with Gasteiger partial charge in [0.15, 0.2) is 0 Å². The predicted molar refractivity (Wildman–Crippen MR) is 90.1 cm³/mol. The fraction of sp³-hybridized carbons (Fsp3) is 0.312. The lowest BCUT2D eigenvalue weighted by molar-refractivity contribution is 0.414. The van der Waals surface area contributed by atoms with E-state index in [0.717, 1.165) is 28.6 Å². The average molecular weight is 370 g/mol. The molecule has 1 aromatic carbocycles. The average Bonchev–Trinajstić information content (AvgIpc) is 2.48. The first-order valence-electron chi connectivity index (χ1n) is 6.83. The summed E-state index contributed by atoms with van der Waals surface area (Å²) in [5.41, 5.74) is 2.19. The van der Waals surface area contributed by atoms with Gasteiger partial charge in [-0.1, -0.05) is 24.6 Å². The Kier molecular flexibility index (Phi) is 6.03. The summed E-state index contributed by atoms with van der Waals surface area (Å²) in [4.78, 5) is 4.25. The molecule has 2 rings (SSSR count). The van der Waals surface area contributed by atoms with Gasteiger partial charge in [0.1, 0.15) is 5.75 Å². The van der Waals surface area contributed by atoms with E-state index in [1.165, 1.54) is 0 Å². The number of hydrogen-bond acceptors (Lipinski definition) is 3. The highest BCUT2D eigenvalue weighted by molar-refractivity contribution is 9.10. The van der Waals surface area contributed by atoms with Crippen LogP contribution in [0.3, 0.4) is 0 Å². The van der Waals surface area contributed by atoms with Crippen molar-refractivity contribution < 1.29 is 4.74 Å². The van der Waals surface area contributed by atoms with E-state index in [2.05, 4.69) is 39.2 Å². The van der Waals surface area contributed by atoms with Gasteiger partial charge in [0, 0.05) is 16.9 Å². The largest absolute Gasteiger partial charge is 0.495 e. The Morgan fingerprint density at radius 2 is 2.10 bits per heavy atom. The maximum Gasteiger partial charge on any atom is 0.137 e. The van der Waals surface area contributed by atoms with Crippen LogP contribution in [-0.2, 0) is 0 Å². The third-order valence-electron chi connectivity index (χ3n) is 3.17. The number of nitrogens with one attached hydrogen (secondary N) is 1. The third kappa shape index (κ3) is 4.19. The SMILES string of the molecule is CCCNC(c1cncc(Br)c1)c1ccc(OC)c(Cl)c1. The number of methoxy groups -OCH3 is 1. The molecule has 1 unspecified atom stereocenters. The number of rotatable bonds is 6. The van der Waals surface area contributed by atoms with E-state index in [0.29, 0.717) is 10.8 Å². The van der Waals surface area contributed by atoms with E-state index >= 15 is 0 Å². The summed E-state index contributed by atoms with van der Waals surface area (Å²) in [7, 11) is 1.62. The molecular formula is C16H18BrClN2O. The Balaban J connectivity index is 2.37. The van der Waals surface area contributed by atoms with Crippen molar-refractivity contribution in [2.45, 2.75) is 19.4 Å². The fourth-order valence-electron chi connectivity index (χ4n) is 2.17. The molecule has 0 saturated carbocycles. The Morgan fingerprint density at radius 1 is 1.29 bits per heavy atom. The minimum absolute atomic E-state index is 0.0540. The normalized spacial score (nSPS) is 12.2. The van der Waals surface area contributed by atoms with Crippen molar-refractivity contribution in [3.05, 3.63) is 57.3 Å². The summed E-state index contributed by atoms with van der Waals surface area (Å²) in [6.07, 6.45) is 4.71. The standard InChI is InChI=1S/C16H18BrClN2O/c1-3-6-20-16(12-7-13(17)10-19-9-12)11-4-5-15(21-2)14(18)8-11/h4-5,7-10,16,20H,3,6H2,1-2H3. The van der Waals surface area contributed by atoms with Crippen LogP contribution in [0.15, 0.2) is 41.1 Å². The highest BCUT2D eigenvalue weighted by Gasteiger charge is 2.15. The van der Waals surface area contributed by atoms with Gasteiger partial charge in [0.2, 0.25) is 0 Å². The minimum Gasteiger partial charge on any atom is -0.495 e. The molecule has 1 N–H and O–H groups in total. The molecule has 5 heteroatoms. The molecule has 0 fully saturated rings. The van der Waals surface area contributed by atoms with E-state index in [4.69, 9.17) is 16.3 Å².